The number of benzene rings is 6. The first kappa shape index (κ1) is 45.6. The topological polar surface area (TPSA) is 0 Å². The molecule has 329 valence electrons. The summed E-state index contributed by atoms with van der Waals surface area (Å²) in [4.78, 5) is 0. The molecule has 0 nitrogen and oxygen atoms in total. The van der Waals surface area contributed by atoms with Crippen molar-refractivity contribution >= 4 is 52.3 Å². The van der Waals surface area contributed by atoms with Crippen molar-refractivity contribution < 1.29 is 16.4 Å². The number of unbranched alkanes of at least 4 members (excludes halogenated alkanes) is 2. The molecule has 6 aromatic rings. The molecular formula is C60H67Cl2SiZr. The summed E-state index contributed by atoms with van der Waals surface area (Å²) in [6.45, 7) is 23.4. The van der Waals surface area contributed by atoms with Crippen molar-refractivity contribution in [1.82, 2.24) is 0 Å². The number of allylic oxidation sites excluding steroid dienone is 2. The van der Waals surface area contributed by atoms with Gasteiger partial charge in [0.15, 0.2) is 0 Å². The molecule has 0 fully saturated rings. The van der Waals surface area contributed by atoms with E-state index in [-0.39, 0.29) is 18.1 Å². The molecule has 9 rings (SSSR count). The van der Waals surface area contributed by atoms with Gasteiger partial charge in [-0.05, 0) is 0 Å². The fraction of sp³-hybridized carbons (Fsp3) is 0.333. The van der Waals surface area contributed by atoms with Crippen molar-refractivity contribution in [3.05, 3.63) is 171 Å². The van der Waals surface area contributed by atoms with Gasteiger partial charge in [-0.2, -0.15) is 0 Å². The van der Waals surface area contributed by atoms with E-state index in [2.05, 4.69) is 197 Å². The van der Waals surface area contributed by atoms with Gasteiger partial charge in [0, 0.05) is 0 Å². The van der Waals surface area contributed by atoms with Crippen LogP contribution in [0.1, 0.15) is 146 Å². The Morgan fingerprint density at radius 1 is 0.516 bits per heavy atom. The average molecular weight is 978 g/mol. The predicted molar refractivity (Wildman–Crippen MR) is 282 cm³/mol. The Labute approximate surface area is 395 Å². The molecule has 0 bridgehead atoms. The Hall–Kier alpha value is -3.52. The molecule has 64 heavy (non-hydrogen) atoms. The van der Waals surface area contributed by atoms with Crippen molar-refractivity contribution in [2.75, 3.05) is 0 Å². The molecule has 0 saturated heterocycles. The molecule has 0 amide bonds. The van der Waals surface area contributed by atoms with Gasteiger partial charge in [-0.15, -0.1) is 0 Å². The van der Waals surface area contributed by atoms with E-state index in [1.807, 2.05) is 0 Å². The van der Waals surface area contributed by atoms with Gasteiger partial charge in [-0.3, -0.25) is 0 Å². The van der Waals surface area contributed by atoms with Gasteiger partial charge in [-0.1, -0.05) is 0 Å². The van der Waals surface area contributed by atoms with Crippen molar-refractivity contribution in [1.29, 1.82) is 0 Å². The Morgan fingerprint density at radius 2 is 0.953 bits per heavy atom. The second-order valence-electron chi connectivity index (χ2n) is 21.4. The number of fused-ring (bicyclic) bond motifs is 5. The van der Waals surface area contributed by atoms with Crippen LogP contribution in [0.25, 0.3) is 45.5 Å². The first-order chi connectivity index (χ1) is 30.5. The Balaban J connectivity index is 1.43. The second-order valence-corrected chi connectivity index (χ2v) is 43.9. The minimum absolute atomic E-state index is 0.0725. The van der Waals surface area contributed by atoms with Crippen molar-refractivity contribution in [3.8, 4) is 33.4 Å². The van der Waals surface area contributed by atoms with E-state index in [1.165, 1.54) is 103 Å². The number of hydrogen-bond acceptors (Lipinski definition) is 0. The number of halogens is 2. The van der Waals surface area contributed by atoms with Gasteiger partial charge in [-0.25, -0.2) is 0 Å². The zero-order valence-corrected chi connectivity index (χ0v) is 45.4. The molecule has 0 spiro atoms. The molecule has 2 unspecified atom stereocenters. The second kappa shape index (κ2) is 17.0. The molecular weight excluding hydrogens is 911 g/mol. The molecule has 0 aromatic heterocycles. The summed E-state index contributed by atoms with van der Waals surface area (Å²) in [6.07, 6.45) is 11.6. The summed E-state index contributed by atoms with van der Waals surface area (Å²) in [5.41, 5.74) is 21.5. The molecule has 2 atom stereocenters. The summed E-state index contributed by atoms with van der Waals surface area (Å²) in [5.74, 6) is 0. The normalized spacial score (nSPS) is 17.7. The van der Waals surface area contributed by atoms with Gasteiger partial charge in [0.2, 0.25) is 0 Å². The first-order valence-corrected chi connectivity index (χ1v) is 36.0. The zero-order valence-electron chi connectivity index (χ0n) is 40.0. The van der Waals surface area contributed by atoms with E-state index in [0.29, 0.717) is 0 Å². The van der Waals surface area contributed by atoms with Gasteiger partial charge >= 0.3 is 399 Å². The van der Waals surface area contributed by atoms with E-state index in [1.54, 1.807) is 0 Å². The number of aryl methyl sites for hydroxylation is 2. The van der Waals surface area contributed by atoms with Crippen molar-refractivity contribution in [3.63, 3.8) is 0 Å². The maximum absolute atomic E-state index is 9.60. The molecule has 6 aromatic carbocycles. The Morgan fingerprint density at radius 3 is 1.41 bits per heavy atom. The van der Waals surface area contributed by atoms with Crippen LogP contribution in [0.4, 0.5) is 0 Å². The fourth-order valence-corrected chi connectivity index (χ4v) is 40.1. The molecule has 2 aliphatic carbocycles. The van der Waals surface area contributed by atoms with Gasteiger partial charge in [0.1, 0.15) is 0 Å². The van der Waals surface area contributed by atoms with E-state index in [4.69, 9.17) is 0 Å². The first-order valence-electron chi connectivity index (χ1n) is 24.1. The standard InChI is InChI=1S/2C24H29.C12H9Si.2ClH.Zr/c2*1-6-7-11-18-15-19-13-14-22(24(3,4)5)23(21(19)16-18)20-12-9-8-10-17(20)2;1-3-7-11-9(5-1)10-6-2-4-8-12(10)13-11;;;/h2*8-10,12-16H,6-7,11H2,1-5H3;1-7H,13H2;2*1H;/q;;;;;+2/p-2. The SMILES string of the molecule is CCCCC1=Cc2c(ccc(C(C)(C)C)c2-c2ccccc2C)[CH]1[Zr]([Cl])([Cl])([c]1cccc2c1[SiH2]c1ccccc1-2)[CH]1C(CCCC)=Cc2c1ccc(C(C)(C)C)c2-c1ccccc1C. The summed E-state index contributed by atoms with van der Waals surface area (Å²) < 4.78 is 1.12. The van der Waals surface area contributed by atoms with Crippen LogP contribution < -0.4 is 13.6 Å². The molecule has 4 heteroatoms. The summed E-state index contributed by atoms with van der Waals surface area (Å²) in [6, 6.07) is 44.1. The van der Waals surface area contributed by atoms with Gasteiger partial charge in [0.05, 0.1) is 0 Å². The van der Waals surface area contributed by atoms with Crippen LogP contribution in [0, 0.1) is 13.8 Å². The molecule has 0 saturated carbocycles. The maximum atomic E-state index is 9.60. The van der Waals surface area contributed by atoms with E-state index < -0.39 is 25.9 Å². The van der Waals surface area contributed by atoms with Crippen LogP contribution in [-0.4, -0.2) is 9.52 Å². The molecule has 0 N–H and O–H groups in total. The molecule has 3 aliphatic rings. The molecule has 1 aliphatic heterocycles. The van der Waals surface area contributed by atoms with Crippen LogP contribution >= 0.6 is 17.0 Å². The summed E-state index contributed by atoms with van der Waals surface area (Å²) in [5, 5.41) is 2.99. The molecule has 0 radical (unpaired) electrons. The quantitative estimate of drug-likeness (QED) is 0.113. The van der Waals surface area contributed by atoms with Crippen LogP contribution in [0.5, 0.6) is 0 Å². The number of hydrogen-bond donors (Lipinski definition) is 0. The van der Waals surface area contributed by atoms with E-state index >= 15 is 0 Å². The summed E-state index contributed by atoms with van der Waals surface area (Å²) >= 11 is -5.76. The van der Waals surface area contributed by atoms with Gasteiger partial charge < -0.3 is 0 Å². The average Bonchev–Trinajstić information content (AvgIpc) is 3.96. The van der Waals surface area contributed by atoms with E-state index in [0.717, 1.165) is 38.5 Å². The Bertz CT molecular complexity index is 2730. The Kier molecular flexibility index (Phi) is 12.1. The van der Waals surface area contributed by atoms with E-state index in [9.17, 15) is 17.0 Å². The van der Waals surface area contributed by atoms with Crippen LogP contribution in [-0.2, 0) is 27.2 Å². The van der Waals surface area contributed by atoms with Crippen LogP contribution in [0.3, 0.4) is 0 Å². The number of rotatable bonds is 11. The third-order valence-electron chi connectivity index (χ3n) is 15.1. The van der Waals surface area contributed by atoms with Gasteiger partial charge in [0.25, 0.3) is 0 Å². The van der Waals surface area contributed by atoms with Crippen LogP contribution in [0.2, 0.25) is 0 Å². The van der Waals surface area contributed by atoms with Crippen LogP contribution in [0.15, 0.2) is 126 Å². The molecule has 1 heterocycles. The third kappa shape index (κ3) is 7.41. The zero-order chi connectivity index (χ0) is 45.4. The fourth-order valence-electron chi connectivity index (χ4n) is 12.1. The van der Waals surface area contributed by atoms with Crippen molar-refractivity contribution in [2.24, 2.45) is 0 Å². The minimum atomic E-state index is -5.76. The van der Waals surface area contributed by atoms with Crippen molar-refractivity contribution in [2.45, 2.75) is 126 Å². The predicted octanol–water partition coefficient (Wildman–Crippen LogP) is 15.6. The third-order valence-corrected chi connectivity index (χ3v) is 37.9. The summed E-state index contributed by atoms with van der Waals surface area (Å²) in [7, 11) is 18.3. The monoisotopic (exact) mass is 975 g/mol.